The van der Waals surface area contributed by atoms with Gasteiger partial charge in [0.15, 0.2) is 5.82 Å². The number of aromatic nitrogens is 5. The third-order valence-corrected chi connectivity index (χ3v) is 23.1. The maximum atomic E-state index is 5.46. The Hall–Kier alpha value is -13.2. The van der Waals surface area contributed by atoms with Crippen molar-refractivity contribution in [2.24, 2.45) is 0 Å². The van der Waals surface area contributed by atoms with Gasteiger partial charge in [-0.3, -0.25) is 0 Å². The van der Waals surface area contributed by atoms with Gasteiger partial charge < -0.3 is 13.7 Å². The maximum absolute atomic E-state index is 5.46. The second-order valence-corrected chi connectivity index (χ2v) is 29.7. The minimum Gasteiger partial charge on any atom is -0.309 e. The number of hydrogen-bond donors (Lipinski definition) is 0. The molecule has 21 rings (SSSR count). The summed E-state index contributed by atoms with van der Waals surface area (Å²) in [4.78, 5) is 10.9. The lowest BCUT2D eigenvalue weighted by atomic mass is 9.82. The van der Waals surface area contributed by atoms with Crippen molar-refractivity contribution in [3.8, 4) is 118 Å². The molecule has 0 atom stereocenters. The number of nitrogens with zero attached hydrogens (tertiary/aromatic N) is 5. The van der Waals surface area contributed by atoms with Gasteiger partial charge in [0.25, 0.3) is 0 Å². The van der Waals surface area contributed by atoms with E-state index in [1.165, 1.54) is 99.2 Å². The van der Waals surface area contributed by atoms with Gasteiger partial charge in [-0.05, 0) is 180 Å². The number of para-hydroxylation sites is 2. The molecule has 0 amide bonds. The average Bonchev–Trinajstić information content (AvgIpc) is 1.58. The van der Waals surface area contributed by atoms with Crippen LogP contribution in [-0.2, 0) is 10.8 Å². The van der Waals surface area contributed by atoms with E-state index in [1.54, 1.807) is 0 Å². The lowest BCUT2D eigenvalue weighted by Gasteiger charge is -2.22. The Morgan fingerprint density at radius 2 is 0.543 bits per heavy atom. The van der Waals surface area contributed by atoms with Crippen molar-refractivity contribution in [3.63, 3.8) is 0 Å². The first-order valence-electron chi connectivity index (χ1n) is 36.5. The van der Waals surface area contributed by atoms with Crippen LogP contribution in [0.4, 0.5) is 0 Å². The van der Waals surface area contributed by atoms with E-state index in [-0.39, 0.29) is 10.8 Å². The fraction of sp³-hybridized carbons (Fsp3) is 0.0600. The molecule has 494 valence electrons. The van der Waals surface area contributed by atoms with Crippen LogP contribution in [0.1, 0.15) is 49.9 Å². The summed E-state index contributed by atoms with van der Waals surface area (Å²) in [5.74, 6) is 0.650. The second kappa shape index (κ2) is 23.2. The number of hydrogen-bond acceptors (Lipinski definition) is 2. The minimum atomic E-state index is -0.141. The molecule has 105 heavy (non-hydrogen) atoms. The molecule has 19 aromatic rings. The van der Waals surface area contributed by atoms with E-state index in [0.717, 1.165) is 100 Å². The molecule has 0 unspecified atom stereocenters. The van der Waals surface area contributed by atoms with E-state index in [1.807, 2.05) is 0 Å². The predicted molar refractivity (Wildman–Crippen MR) is 438 cm³/mol. The summed E-state index contributed by atoms with van der Waals surface area (Å²) in [6.45, 7) is 9.48. The van der Waals surface area contributed by atoms with Crippen molar-refractivity contribution in [2.75, 3.05) is 0 Å². The van der Waals surface area contributed by atoms with Crippen molar-refractivity contribution in [2.45, 2.75) is 38.5 Å². The van der Waals surface area contributed by atoms with Crippen LogP contribution in [0.5, 0.6) is 0 Å². The molecule has 2 aliphatic carbocycles. The van der Waals surface area contributed by atoms with Gasteiger partial charge in [0.2, 0.25) is 0 Å². The lowest BCUT2D eigenvalue weighted by Crippen LogP contribution is -2.15. The van der Waals surface area contributed by atoms with Crippen LogP contribution < -0.4 is 0 Å². The van der Waals surface area contributed by atoms with Crippen molar-refractivity contribution >= 4 is 65.4 Å². The van der Waals surface area contributed by atoms with Gasteiger partial charge in [-0.1, -0.05) is 282 Å². The smallest absolute Gasteiger partial charge is 0.160 e. The molecular weight excluding hydrogens is 1270 g/mol. The molecule has 4 heterocycles. The van der Waals surface area contributed by atoms with E-state index < -0.39 is 0 Å². The Kier molecular flexibility index (Phi) is 13.3. The van der Waals surface area contributed by atoms with Gasteiger partial charge in [-0.15, -0.1) is 0 Å². The zero-order chi connectivity index (χ0) is 69.8. The zero-order valence-electron chi connectivity index (χ0n) is 58.6. The normalized spacial score (nSPS) is 13.3. The fourth-order valence-electron chi connectivity index (χ4n) is 17.8. The van der Waals surface area contributed by atoms with Crippen molar-refractivity contribution in [1.29, 1.82) is 0 Å². The third kappa shape index (κ3) is 9.48. The molecule has 0 saturated heterocycles. The molecule has 0 saturated carbocycles. The molecule has 0 radical (unpaired) electrons. The topological polar surface area (TPSA) is 40.6 Å². The summed E-state index contributed by atoms with van der Waals surface area (Å²) >= 11 is 0. The highest BCUT2D eigenvalue weighted by atomic mass is 15.0. The highest BCUT2D eigenvalue weighted by Crippen LogP contribution is 2.52. The molecule has 5 heteroatoms. The van der Waals surface area contributed by atoms with Crippen LogP contribution in [0, 0.1) is 0 Å². The molecule has 0 bridgehead atoms. The van der Waals surface area contributed by atoms with Crippen molar-refractivity contribution in [1.82, 2.24) is 23.7 Å². The van der Waals surface area contributed by atoms with Gasteiger partial charge >= 0.3 is 0 Å². The first-order valence-corrected chi connectivity index (χ1v) is 36.5. The molecule has 0 fully saturated rings. The largest absolute Gasteiger partial charge is 0.309 e. The molecule has 0 spiro atoms. The van der Waals surface area contributed by atoms with Crippen molar-refractivity contribution < 1.29 is 0 Å². The Morgan fingerprint density at radius 3 is 1.03 bits per heavy atom. The lowest BCUT2D eigenvalue weighted by molar-refractivity contribution is 0.660. The highest BCUT2D eigenvalue weighted by molar-refractivity contribution is 6.15. The van der Waals surface area contributed by atoms with Gasteiger partial charge in [0, 0.05) is 76.9 Å². The summed E-state index contributed by atoms with van der Waals surface area (Å²) in [5.41, 5.74) is 34.6. The summed E-state index contributed by atoms with van der Waals surface area (Å²) in [7, 11) is 0. The number of benzene rings is 15. The number of rotatable bonds is 10. The van der Waals surface area contributed by atoms with E-state index in [4.69, 9.17) is 9.97 Å². The molecule has 5 nitrogen and oxygen atoms in total. The quantitative estimate of drug-likeness (QED) is 0.137. The summed E-state index contributed by atoms with van der Waals surface area (Å²) in [6, 6.07) is 128. The average molecular weight is 1340 g/mol. The SMILES string of the molecule is CC1(C)c2ccccc2-c2ccc(-n3c4ccccc4c4ccc(-c5ccc6c(c5)c5cc(-c7ccc8c9ccccc9n(-c9ccc%10c(c9)C(C)(C)c9ccccc9-%10)c8c7)ccc5n6-c5cccc(-c6nc(-c7ccc(-c8ccccc8)cc7)cc(-c7ccc(-c8ccccc8)cc7)n6)c5)cc43)cc21. The second-order valence-electron chi connectivity index (χ2n) is 29.7. The Labute approximate surface area is 609 Å². The highest BCUT2D eigenvalue weighted by Gasteiger charge is 2.37. The molecule has 2 aliphatic rings. The first kappa shape index (κ1) is 60.5. The molecule has 0 aliphatic heterocycles. The van der Waals surface area contributed by atoms with E-state index in [0.29, 0.717) is 5.82 Å². The third-order valence-electron chi connectivity index (χ3n) is 23.1. The summed E-state index contributed by atoms with van der Waals surface area (Å²) < 4.78 is 7.42. The van der Waals surface area contributed by atoms with Crippen LogP contribution in [-0.4, -0.2) is 23.7 Å². The van der Waals surface area contributed by atoms with Crippen LogP contribution >= 0.6 is 0 Å². The Bertz CT molecular complexity index is 6420. The van der Waals surface area contributed by atoms with Gasteiger partial charge in [0.1, 0.15) is 0 Å². The van der Waals surface area contributed by atoms with E-state index >= 15 is 0 Å². The zero-order valence-corrected chi connectivity index (χ0v) is 58.6. The van der Waals surface area contributed by atoms with Crippen LogP contribution in [0.15, 0.2) is 346 Å². The summed E-state index contributed by atoms with van der Waals surface area (Å²) in [5, 5.41) is 7.24. The molecule has 15 aromatic carbocycles. The van der Waals surface area contributed by atoms with Gasteiger partial charge in [0.05, 0.1) is 44.5 Å². The molecule has 0 N–H and O–H groups in total. The molecule has 4 aromatic heterocycles. The Balaban J connectivity index is 0.735. The minimum absolute atomic E-state index is 0.141. The van der Waals surface area contributed by atoms with Crippen LogP contribution in [0.2, 0.25) is 0 Å². The first-order chi connectivity index (χ1) is 51.5. The number of fused-ring (bicyclic) bond motifs is 15. The summed E-state index contributed by atoms with van der Waals surface area (Å²) in [6.07, 6.45) is 0. The monoisotopic (exact) mass is 1340 g/mol. The van der Waals surface area contributed by atoms with E-state index in [9.17, 15) is 0 Å². The predicted octanol–water partition coefficient (Wildman–Crippen LogP) is 26.0. The standard InChI is InChI=1S/C100H69N5/c1-99(2)86-30-15-11-26-76(86)78-50-46-74(59-88(78)99)104-92-32-17-13-28-80(92)82-48-42-70(57-96(82)104)68-44-52-94-84(55-68)85-56-69(71-43-49-83-81-29-14-18-33-93(81)105(97(83)58-71)75-47-51-79-77-27-12-16-31-87(77)100(3,4)89(79)60-75)45-53-95(85)103(94)73-25-19-24-72(54-73)98-101-90(66-38-34-64(35-39-66)62-20-7-5-8-21-62)61-91(102-98)67-40-36-65(37-41-67)63-22-9-6-10-23-63/h5-61H,1-4H3. The Morgan fingerprint density at radius 1 is 0.200 bits per heavy atom. The van der Waals surface area contributed by atoms with Crippen molar-refractivity contribution in [3.05, 3.63) is 368 Å². The van der Waals surface area contributed by atoms with E-state index in [2.05, 4.69) is 387 Å². The van der Waals surface area contributed by atoms with Crippen LogP contribution in [0.3, 0.4) is 0 Å². The molecular formula is C100H69N5. The fourth-order valence-corrected chi connectivity index (χ4v) is 17.8. The van der Waals surface area contributed by atoms with Gasteiger partial charge in [-0.25, -0.2) is 9.97 Å². The van der Waals surface area contributed by atoms with Gasteiger partial charge in [-0.2, -0.15) is 0 Å². The maximum Gasteiger partial charge on any atom is 0.160 e. The van der Waals surface area contributed by atoms with Crippen LogP contribution in [0.25, 0.3) is 183 Å².